The van der Waals surface area contributed by atoms with Crippen LogP contribution in [0.4, 0.5) is 0 Å². The van der Waals surface area contributed by atoms with Gasteiger partial charge in [-0.2, -0.15) is 5.26 Å². The average molecular weight is 380 g/mol. The van der Waals surface area contributed by atoms with E-state index in [9.17, 15) is 14.9 Å². The second-order valence-electron chi connectivity index (χ2n) is 7.25. The zero-order valence-corrected chi connectivity index (χ0v) is 16.2. The zero-order chi connectivity index (χ0) is 20.1. The lowest BCUT2D eigenvalue weighted by molar-refractivity contribution is -0.150. The van der Waals surface area contributed by atoms with E-state index in [4.69, 9.17) is 9.47 Å². The number of rotatable bonds is 6. The minimum Gasteiger partial charge on any atom is -0.497 e. The number of ether oxygens (including phenoxy) is 2. The topological polar surface area (TPSA) is 88.4 Å². The Balaban J connectivity index is 1.60. The molecule has 0 radical (unpaired) electrons. The van der Waals surface area contributed by atoms with Gasteiger partial charge in [0.2, 0.25) is 0 Å². The number of nitriles is 1. The van der Waals surface area contributed by atoms with Gasteiger partial charge < -0.3 is 14.8 Å². The molecule has 6 nitrogen and oxygen atoms in total. The molecular formula is C22H24N2O4. The van der Waals surface area contributed by atoms with Crippen molar-refractivity contribution in [3.05, 3.63) is 42.0 Å². The van der Waals surface area contributed by atoms with Gasteiger partial charge in [0, 0.05) is 0 Å². The van der Waals surface area contributed by atoms with Gasteiger partial charge in [0.05, 0.1) is 19.1 Å². The van der Waals surface area contributed by atoms with E-state index < -0.39 is 23.3 Å². The Morgan fingerprint density at radius 2 is 1.86 bits per heavy atom. The number of fused-ring (bicyclic) bond motifs is 1. The van der Waals surface area contributed by atoms with Crippen molar-refractivity contribution < 1.29 is 19.1 Å². The standard InChI is InChI=1S/C22H24N2O4/c1-15(16-5-6-18-12-19(27-2)8-7-17(18)11-16)21(26)28-13-20(25)24-22(14-23)9-3-4-10-22/h5-8,11-12,15H,3-4,9-10,13H2,1-2H3,(H,24,25)/t15-/m0/s1. The number of nitrogens with zero attached hydrogens (tertiary/aromatic N) is 1. The molecule has 146 valence electrons. The highest BCUT2D eigenvalue weighted by atomic mass is 16.5. The van der Waals surface area contributed by atoms with Crippen molar-refractivity contribution >= 4 is 22.6 Å². The number of esters is 1. The van der Waals surface area contributed by atoms with Crippen LogP contribution in [-0.4, -0.2) is 31.1 Å². The maximum atomic E-state index is 12.4. The second-order valence-corrected chi connectivity index (χ2v) is 7.25. The molecule has 6 heteroatoms. The fourth-order valence-electron chi connectivity index (χ4n) is 3.58. The van der Waals surface area contributed by atoms with Gasteiger partial charge in [0.15, 0.2) is 6.61 Å². The molecule has 2 aromatic carbocycles. The van der Waals surface area contributed by atoms with Crippen LogP contribution in [-0.2, 0) is 14.3 Å². The predicted octanol–water partition coefficient (Wildman–Crippen LogP) is 3.45. The Bertz CT molecular complexity index is 926. The Hall–Kier alpha value is -3.07. The SMILES string of the molecule is COc1ccc2cc([C@H](C)C(=O)OCC(=O)NC3(C#N)CCCC3)ccc2c1. The predicted molar refractivity (Wildman–Crippen MR) is 105 cm³/mol. The van der Waals surface area contributed by atoms with E-state index in [1.165, 1.54) is 0 Å². The minimum atomic E-state index is -0.811. The third-order valence-corrected chi connectivity index (χ3v) is 5.32. The van der Waals surface area contributed by atoms with Crippen LogP contribution < -0.4 is 10.1 Å². The number of nitrogens with one attached hydrogen (secondary N) is 1. The van der Waals surface area contributed by atoms with Crippen LogP contribution in [0.25, 0.3) is 10.8 Å². The van der Waals surface area contributed by atoms with Crippen molar-refractivity contribution in [2.75, 3.05) is 13.7 Å². The summed E-state index contributed by atoms with van der Waals surface area (Å²) in [4.78, 5) is 24.5. The first-order valence-electron chi connectivity index (χ1n) is 9.43. The quantitative estimate of drug-likeness (QED) is 0.776. The molecule has 0 aromatic heterocycles. The number of carbonyl (C=O) groups excluding carboxylic acids is 2. The van der Waals surface area contributed by atoms with Crippen molar-refractivity contribution in [1.82, 2.24) is 5.32 Å². The van der Waals surface area contributed by atoms with Gasteiger partial charge in [0.25, 0.3) is 5.91 Å². The molecular weight excluding hydrogens is 356 g/mol. The molecule has 1 N–H and O–H groups in total. The monoisotopic (exact) mass is 380 g/mol. The van der Waals surface area contributed by atoms with E-state index in [2.05, 4.69) is 11.4 Å². The van der Waals surface area contributed by atoms with Gasteiger partial charge in [-0.25, -0.2) is 0 Å². The molecule has 0 aliphatic heterocycles. The Morgan fingerprint density at radius 3 is 2.54 bits per heavy atom. The summed E-state index contributed by atoms with van der Waals surface area (Å²) in [5, 5.41) is 14.0. The van der Waals surface area contributed by atoms with Gasteiger partial charge in [-0.05, 0) is 61.1 Å². The summed E-state index contributed by atoms with van der Waals surface area (Å²) in [6, 6.07) is 13.7. The van der Waals surface area contributed by atoms with Crippen LogP contribution in [0, 0.1) is 11.3 Å². The van der Waals surface area contributed by atoms with E-state index in [0.717, 1.165) is 34.9 Å². The van der Waals surface area contributed by atoms with Crippen molar-refractivity contribution in [1.29, 1.82) is 5.26 Å². The highest BCUT2D eigenvalue weighted by Crippen LogP contribution is 2.29. The molecule has 1 aliphatic rings. The summed E-state index contributed by atoms with van der Waals surface area (Å²) in [6.45, 7) is 1.37. The molecule has 0 unspecified atom stereocenters. The first kappa shape index (κ1) is 19.7. The summed E-state index contributed by atoms with van der Waals surface area (Å²) >= 11 is 0. The maximum Gasteiger partial charge on any atom is 0.313 e. The average Bonchev–Trinajstić information content (AvgIpc) is 3.19. The van der Waals surface area contributed by atoms with Crippen LogP contribution in [0.15, 0.2) is 36.4 Å². The minimum absolute atomic E-state index is 0.378. The molecule has 1 fully saturated rings. The Kier molecular flexibility index (Phi) is 5.84. The Labute approximate surface area is 164 Å². The summed E-state index contributed by atoms with van der Waals surface area (Å²) < 4.78 is 10.4. The van der Waals surface area contributed by atoms with Gasteiger partial charge in [-0.1, -0.05) is 24.3 Å². The number of hydrogen-bond acceptors (Lipinski definition) is 5. The van der Waals surface area contributed by atoms with Crippen molar-refractivity contribution in [2.24, 2.45) is 0 Å². The van der Waals surface area contributed by atoms with Crippen molar-refractivity contribution in [3.8, 4) is 11.8 Å². The third kappa shape index (κ3) is 4.25. The largest absolute Gasteiger partial charge is 0.497 e. The lowest BCUT2D eigenvalue weighted by atomic mass is 9.98. The van der Waals surface area contributed by atoms with E-state index >= 15 is 0 Å². The van der Waals surface area contributed by atoms with Crippen LogP contribution >= 0.6 is 0 Å². The number of hydrogen-bond donors (Lipinski definition) is 1. The van der Waals surface area contributed by atoms with E-state index in [1.54, 1.807) is 14.0 Å². The summed E-state index contributed by atoms with van der Waals surface area (Å²) in [7, 11) is 1.62. The summed E-state index contributed by atoms with van der Waals surface area (Å²) in [5.74, 6) is -0.637. The van der Waals surface area contributed by atoms with E-state index in [-0.39, 0.29) is 6.61 Å². The molecule has 2 aromatic rings. The highest BCUT2D eigenvalue weighted by molar-refractivity contribution is 5.87. The molecule has 1 amide bonds. The molecule has 0 spiro atoms. The number of methoxy groups -OCH3 is 1. The van der Waals surface area contributed by atoms with Gasteiger partial charge >= 0.3 is 5.97 Å². The number of amides is 1. The third-order valence-electron chi connectivity index (χ3n) is 5.32. The van der Waals surface area contributed by atoms with Crippen molar-refractivity contribution in [3.63, 3.8) is 0 Å². The first-order chi connectivity index (χ1) is 13.5. The summed E-state index contributed by atoms with van der Waals surface area (Å²) in [6.07, 6.45) is 3.11. The van der Waals surface area contributed by atoms with Crippen LogP contribution in [0.5, 0.6) is 5.75 Å². The molecule has 1 saturated carbocycles. The van der Waals surface area contributed by atoms with Crippen molar-refractivity contribution in [2.45, 2.75) is 44.1 Å². The fourth-order valence-corrected chi connectivity index (χ4v) is 3.58. The molecule has 28 heavy (non-hydrogen) atoms. The van der Waals surface area contributed by atoms with E-state index in [0.29, 0.717) is 12.8 Å². The van der Waals surface area contributed by atoms with Crippen LogP contribution in [0.2, 0.25) is 0 Å². The second kappa shape index (κ2) is 8.30. The lowest BCUT2D eigenvalue weighted by Crippen LogP contribution is -2.46. The highest BCUT2D eigenvalue weighted by Gasteiger charge is 2.35. The smallest absolute Gasteiger partial charge is 0.313 e. The number of carbonyl (C=O) groups is 2. The number of benzene rings is 2. The molecule has 1 aliphatic carbocycles. The molecule has 3 rings (SSSR count). The molecule has 0 saturated heterocycles. The first-order valence-corrected chi connectivity index (χ1v) is 9.43. The summed E-state index contributed by atoms with van der Waals surface area (Å²) in [5.41, 5.74) is 0.00137. The Morgan fingerprint density at radius 1 is 1.18 bits per heavy atom. The van der Waals surface area contributed by atoms with E-state index in [1.807, 2.05) is 36.4 Å². The molecule has 0 bridgehead atoms. The van der Waals surface area contributed by atoms with Crippen LogP contribution in [0.1, 0.15) is 44.1 Å². The molecule has 1 atom stereocenters. The molecule has 0 heterocycles. The van der Waals surface area contributed by atoms with Gasteiger partial charge in [0.1, 0.15) is 11.3 Å². The maximum absolute atomic E-state index is 12.4. The van der Waals surface area contributed by atoms with Gasteiger partial charge in [-0.15, -0.1) is 0 Å². The van der Waals surface area contributed by atoms with Gasteiger partial charge in [-0.3, -0.25) is 9.59 Å². The normalized spacial score (nSPS) is 16.2. The fraction of sp³-hybridized carbons (Fsp3) is 0.409. The zero-order valence-electron chi connectivity index (χ0n) is 16.2. The lowest BCUT2D eigenvalue weighted by Gasteiger charge is -2.22. The van der Waals surface area contributed by atoms with Crippen LogP contribution in [0.3, 0.4) is 0 Å².